The van der Waals surface area contributed by atoms with Gasteiger partial charge in [-0.1, -0.05) is 19.3 Å². The first-order valence-electron chi connectivity index (χ1n) is 8.06. The summed E-state index contributed by atoms with van der Waals surface area (Å²) in [6.07, 6.45) is 6.47. The van der Waals surface area contributed by atoms with E-state index >= 15 is 0 Å². The first-order valence-corrected chi connectivity index (χ1v) is 8.06. The van der Waals surface area contributed by atoms with E-state index in [-0.39, 0.29) is 24.0 Å². The third-order valence-electron chi connectivity index (χ3n) is 3.89. The van der Waals surface area contributed by atoms with E-state index in [0.29, 0.717) is 12.6 Å². The normalized spacial score (nSPS) is 15.5. The van der Waals surface area contributed by atoms with Crippen LogP contribution in [0.3, 0.4) is 0 Å². The second-order valence-electron chi connectivity index (χ2n) is 5.50. The van der Waals surface area contributed by atoms with E-state index in [1.165, 1.54) is 32.1 Å². The van der Waals surface area contributed by atoms with Gasteiger partial charge in [-0.05, 0) is 37.1 Å². The van der Waals surface area contributed by atoms with Gasteiger partial charge in [-0.25, -0.2) is 0 Å². The number of hydrogen-bond acceptors (Lipinski definition) is 3. The first-order chi connectivity index (χ1) is 10.8. The predicted molar refractivity (Wildman–Crippen MR) is 105 cm³/mol. The van der Waals surface area contributed by atoms with Crippen LogP contribution in [0.5, 0.6) is 11.5 Å². The van der Waals surface area contributed by atoms with E-state index in [0.717, 1.165) is 24.0 Å². The Bertz CT molecular complexity index is 459. The van der Waals surface area contributed by atoms with Gasteiger partial charge in [0.1, 0.15) is 18.1 Å². The fourth-order valence-corrected chi connectivity index (χ4v) is 2.65. The van der Waals surface area contributed by atoms with Gasteiger partial charge in [0.2, 0.25) is 0 Å². The second-order valence-corrected chi connectivity index (χ2v) is 5.50. The van der Waals surface area contributed by atoms with E-state index in [1.807, 2.05) is 31.3 Å². The Hall–Kier alpha value is -1.18. The van der Waals surface area contributed by atoms with Crippen LogP contribution in [-0.4, -0.2) is 39.3 Å². The van der Waals surface area contributed by atoms with Crippen molar-refractivity contribution in [3.05, 3.63) is 24.3 Å². The molecule has 5 nitrogen and oxygen atoms in total. The molecular weight excluding hydrogens is 405 g/mol. The lowest BCUT2D eigenvalue weighted by atomic mass is 9.96. The molecule has 1 aromatic rings. The average molecular weight is 433 g/mol. The molecule has 0 amide bonds. The van der Waals surface area contributed by atoms with Gasteiger partial charge in [-0.15, -0.1) is 24.0 Å². The number of rotatable bonds is 6. The Labute approximate surface area is 156 Å². The number of halogens is 1. The van der Waals surface area contributed by atoms with Crippen molar-refractivity contribution in [2.45, 2.75) is 38.1 Å². The van der Waals surface area contributed by atoms with Crippen molar-refractivity contribution in [1.82, 2.24) is 10.6 Å². The number of nitrogens with zero attached hydrogens (tertiary/aromatic N) is 1. The van der Waals surface area contributed by atoms with E-state index in [1.54, 1.807) is 7.11 Å². The van der Waals surface area contributed by atoms with Crippen molar-refractivity contribution in [2.24, 2.45) is 4.99 Å². The zero-order chi connectivity index (χ0) is 15.6. The number of guanidine groups is 1. The summed E-state index contributed by atoms with van der Waals surface area (Å²) in [7, 11) is 3.47. The van der Waals surface area contributed by atoms with Gasteiger partial charge in [-0.2, -0.15) is 0 Å². The van der Waals surface area contributed by atoms with Gasteiger partial charge in [0.25, 0.3) is 0 Å². The van der Waals surface area contributed by atoms with Crippen molar-refractivity contribution < 1.29 is 9.47 Å². The van der Waals surface area contributed by atoms with E-state index in [4.69, 9.17) is 9.47 Å². The fourth-order valence-electron chi connectivity index (χ4n) is 2.65. The van der Waals surface area contributed by atoms with Crippen molar-refractivity contribution in [3.63, 3.8) is 0 Å². The van der Waals surface area contributed by atoms with Crippen molar-refractivity contribution in [3.8, 4) is 11.5 Å². The van der Waals surface area contributed by atoms with E-state index < -0.39 is 0 Å². The van der Waals surface area contributed by atoms with Crippen molar-refractivity contribution in [1.29, 1.82) is 0 Å². The smallest absolute Gasteiger partial charge is 0.191 e. The van der Waals surface area contributed by atoms with Gasteiger partial charge in [0, 0.05) is 13.1 Å². The van der Waals surface area contributed by atoms with Crippen molar-refractivity contribution >= 4 is 29.9 Å². The molecule has 1 aliphatic rings. The standard InChI is InChI=1S/C17H27N3O2.HI/c1-18-17(20-14-6-4-3-5-7-14)19-12-13-22-16-10-8-15(21-2)9-11-16;/h8-11,14H,3-7,12-13H2,1-2H3,(H2,18,19,20);1H. The highest BCUT2D eigenvalue weighted by molar-refractivity contribution is 14.0. The molecule has 2 rings (SSSR count). The summed E-state index contributed by atoms with van der Waals surface area (Å²) in [6.45, 7) is 1.32. The van der Waals surface area contributed by atoms with Gasteiger partial charge >= 0.3 is 0 Å². The molecule has 0 spiro atoms. The fraction of sp³-hybridized carbons (Fsp3) is 0.588. The quantitative estimate of drug-likeness (QED) is 0.313. The van der Waals surface area contributed by atoms with Crippen LogP contribution in [0.25, 0.3) is 0 Å². The Balaban J connectivity index is 0.00000264. The monoisotopic (exact) mass is 433 g/mol. The van der Waals surface area contributed by atoms with Crippen LogP contribution in [0.2, 0.25) is 0 Å². The summed E-state index contributed by atoms with van der Waals surface area (Å²) in [5.74, 6) is 2.55. The molecule has 0 heterocycles. The predicted octanol–water partition coefficient (Wildman–Crippen LogP) is 3.19. The Kier molecular flexibility index (Phi) is 9.82. The summed E-state index contributed by atoms with van der Waals surface area (Å²) in [6, 6.07) is 8.17. The largest absolute Gasteiger partial charge is 0.497 e. The third-order valence-corrected chi connectivity index (χ3v) is 3.89. The number of aliphatic imine (C=N–C) groups is 1. The molecule has 130 valence electrons. The van der Waals surface area contributed by atoms with Crippen LogP contribution in [0.15, 0.2) is 29.3 Å². The van der Waals surface area contributed by atoms with Gasteiger partial charge in [0.15, 0.2) is 5.96 Å². The molecule has 1 aliphatic carbocycles. The number of ether oxygens (including phenoxy) is 2. The highest BCUT2D eigenvalue weighted by Crippen LogP contribution is 2.17. The molecule has 2 N–H and O–H groups in total. The minimum absolute atomic E-state index is 0. The lowest BCUT2D eigenvalue weighted by Crippen LogP contribution is -2.45. The van der Waals surface area contributed by atoms with E-state index in [9.17, 15) is 0 Å². The maximum Gasteiger partial charge on any atom is 0.191 e. The summed E-state index contributed by atoms with van der Waals surface area (Å²) in [5, 5.41) is 6.78. The lowest BCUT2D eigenvalue weighted by Gasteiger charge is -2.24. The SMILES string of the molecule is CN=C(NCCOc1ccc(OC)cc1)NC1CCCCC1.I. The van der Waals surface area contributed by atoms with Crippen LogP contribution in [-0.2, 0) is 0 Å². The molecule has 0 aliphatic heterocycles. The van der Waals surface area contributed by atoms with E-state index in [2.05, 4.69) is 15.6 Å². The Morgan fingerprint density at radius 2 is 1.78 bits per heavy atom. The average Bonchev–Trinajstić information content (AvgIpc) is 2.59. The van der Waals surface area contributed by atoms with Crippen LogP contribution in [0.1, 0.15) is 32.1 Å². The number of methoxy groups -OCH3 is 1. The Morgan fingerprint density at radius 1 is 1.13 bits per heavy atom. The molecule has 0 atom stereocenters. The molecule has 6 heteroatoms. The minimum atomic E-state index is 0. The molecule has 0 aromatic heterocycles. The second kappa shape index (κ2) is 11.4. The molecule has 0 radical (unpaired) electrons. The lowest BCUT2D eigenvalue weighted by molar-refractivity contribution is 0.320. The molecule has 0 saturated heterocycles. The molecule has 23 heavy (non-hydrogen) atoms. The molecule has 0 unspecified atom stereocenters. The number of benzene rings is 1. The zero-order valence-corrected chi connectivity index (χ0v) is 16.3. The molecule has 1 saturated carbocycles. The van der Waals surface area contributed by atoms with Crippen molar-refractivity contribution in [2.75, 3.05) is 27.3 Å². The zero-order valence-electron chi connectivity index (χ0n) is 14.0. The molecular formula is C17H28IN3O2. The summed E-state index contributed by atoms with van der Waals surface area (Å²) >= 11 is 0. The highest BCUT2D eigenvalue weighted by atomic mass is 127. The maximum absolute atomic E-state index is 5.69. The molecule has 1 fully saturated rings. The van der Waals surface area contributed by atoms with Gasteiger partial charge in [-0.3, -0.25) is 4.99 Å². The highest BCUT2D eigenvalue weighted by Gasteiger charge is 2.14. The third kappa shape index (κ3) is 7.28. The van der Waals surface area contributed by atoms with Crippen LogP contribution >= 0.6 is 24.0 Å². The topological polar surface area (TPSA) is 54.9 Å². The summed E-state index contributed by atoms with van der Waals surface area (Å²) in [4.78, 5) is 4.27. The minimum Gasteiger partial charge on any atom is -0.497 e. The maximum atomic E-state index is 5.69. The first kappa shape index (κ1) is 19.9. The van der Waals surface area contributed by atoms with Gasteiger partial charge in [0.05, 0.1) is 13.7 Å². The molecule has 1 aromatic carbocycles. The number of nitrogens with one attached hydrogen (secondary N) is 2. The van der Waals surface area contributed by atoms with Crippen LogP contribution < -0.4 is 20.1 Å². The van der Waals surface area contributed by atoms with Crippen LogP contribution in [0.4, 0.5) is 0 Å². The van der Waals surface area contributed by atoms with Gasteiger partial charge < -0.3 is 20.1 Å². The Morgan fingerprint density at radius 3 is 2.39 bits per heavy atom. The summed E-state index contributed by atoms with van der Waals surface area (Å²) < 4.78 is 10.8. The van der Waals surface area contributed by atoms with Crippen LogP contribution in [0, 0.1) is 0 Å². The molecule has 0 bridgehead atoms. The number of hydrogen-bond donors (Lipinski definition) is 2. The summed E-state index contributed by atoms with van der Waals surface area (Å²) in [5.41, 5.74) is 0.